The van der Waals surface area contributed by atoms with Gasteiger partial charge in [0.05, 0.1) is 17.9 Å². The minimum absolute atomic E-state index is 0.132. The van der Waals surface area contributed by atoms with Crippen molar-refractivity contribution in [3.8, 4) is 0 Å². The van der Waals surface area contributed by atoms with E-state index in [2.05, 4.69) is 26.0 Å². The molecule has 0 bridgehead atoms. The molecule has 3 rings (SSSR count). The summed E-state index contributed by atoms with van der Waals surface area (Å²) >= 11 is 0. The summed E-state index contributed by atoms with van der Waals surface area (Å²) in [6, 6.07) is 5.57. The number of nitrogens with one attached hydrogen (secondary N) is 3. The third-order valence-corrected chi connectivity index (χ3v) is 3.09. The van der Waals surface area contributed by atoms with Crippen molar-refractivity contribution in [2.75, 3.05) is 23.7 Å². The summed E-state index contributed by atoms with van der Waals surface area (Å²) in [5.74, 6) is 0.464. The van der Waals surface area contributed by atoms with Crippen LogP contribution in [0.5, 0.6) is 0 Å². The number of fused-ring (bicyclic) bond motifs is 1. The van der Waals surface area contributed by atoms with Crippen molar-refractivity contribution in [2.45, 2.75) is 6.54 Å². The van der Waals surface area contributed by atoms with Crippen LogP contribution in [-0.2, 0) is 13.6 Å². The van der Waals surface area contributed by atoms with Crippen LogP contribution in [0.1, 0.15) is 16.2 Å². The molecule has 0 aliphatic carbocycles. The van der Waals surface area contributed by atoms with Gasteiger partial charge in [0.1, 0.15) is 6.33 Å². The maximum absolute atomic E-state index is 12.1. The second-order valence-corrected chi connectivity index (χ2v) is 4.63. The Morgan fingerprint density at radius 3 is 2.90 bits per heavy atom. The van der Waals surface area contributed by atoms with E-state index in [1.165, 1.54) is 0 Å². The minimum atomic E-state index is -0.132. The molecule has 1 aromatic carbocycles. The molecule has 104 valence electrons. The molecule has 1 aliphatic heterocycles. The van der Waals surface area contributed by atoms with E-state index in [1.807, 2.05) is 12.1 Å². The Kier molecular flexibility index (Phi) is 3.24. The Hall–Kier alpha value is -2.57. The van der Waals surface area contributed by atoms with Gasteiger partial charge in [-0.2, -0.15) is 5.10 Å². The lowest BCUT2D eigenvalue weighted by atomic mass is 10.1. The number of aromatic nitrogens is 3. The molecule has 1 aromatic heterocycles. The molecule has 2 heterocycles. The van der Waals surface area contributed by atoms with E-state index in [4.69, 9.17) is 0 Å². The molecule has 0 unspecified atom stereocenters. The van der Waals surface area contributed by atoms with Gasteiger partial charge in [-0.3, -0.25) is 9.48 Å². The van der Waals surface area contributed by atoms with Crippen molar-refractivity contribution < 1.29 is 4.79 Å². The van der Waals surface area contributed by atoms with Gasteiger partial charge in [0, 0.05) is 25.7 Å². The lowest BCUT2D eigenvalue weighted by Gasteiger charge is -2.20. The number of benzene rings is 1. The van der Waals surface area contributed by atoms with Crippen LogP contribution in [0, 0.1) is 0 Å². The van der Waals surface area contributed by atoms with Crippen LogP contribution < -0.4 is 16.0 Å². The van der Waals surface area contributed by atoms with Crippen LogP contribution in [-0.4, -0.2) is 33.8 Å². The Bertz CT molecular complexity index is 636. The van der Waals surface area contributed by atoms with Crippen molar-refractivity contribution in [3.63, 3.8) is 0 Å². The van der Waals surface area contributed by atoms with Gasteiger partial charge in [0.15, 0.2) is 5.82 Å². The first-order valence-electron chi connectivity index (χ1n) is 6.47. The molecule has 7 heteroatoms. The Morgan fingerprint density at radius 2 is 2.15 bits per heavy atom. The van der Waals surface area contributed by atoms with Crippen molar-refractivity contribution in [1.29, 1.82) is 0 Å². The molecule has 0 saturated carbocycles. The van der Waals surface area contributed by atoms with E-state index >= 15 is 0 Å². The standard InChI is InChI=1S/C13H16N6O/c1-19-8-17-12(18-19)7-16-13(20)9-2-3-10-11(6-9)15-5-4-14-10/h2-3,6,8,14-15H,4-5,7H2,1H3,(H,16,20). The van der Waals surface area contributed by atoms with Crippen molar-refractivity contribution in [2.24, 2.45) is 7.05 Å². The zero-order valence-electron chi connectivity index (χ0n) is 11.2. The summed E-state index contributed by atoms with van der Waals surface area (Å²) in [5, 5.41) is 13.5. The van der Waals surface area contributed by atoms with Crippen LogP contribution in [0.3, 0.4) is 0 Å². The van der Waals surface area contributed by atoms with E-state index in [-0.39, 0.29) is 5.91 Å². The van der Waals surface area contributed by atoms with Gasteiger partial charge in [-0.05, 0) is 18.2 Å². The van der Waals surface area contributed by atoms with Gasteiger partial charge in [-0.15, -0.1) is 0 Å². The average Bonchev–Trinajstić information content (AvgIpc) is 2.90. The SMILES string of the molecule is Cn1cnc(CNC(=O)c2ccc3c(c2)NCCN3)n1. The molecule has 3 N–H and O–H groups in total. The zero-order valence-corrected chi connectivity index (χ0v) is 11.2. The normalized spacial score (nSPS) is 13.1. The number of hydrogen-bond donors (Lipinski definition) is 3. The number of amides is 1. The quantitative estimate of drug-likeness (QED) is 0.761. The molecule has 0 saturated heterocycles. The van der Waals surface area contributed by atoms with E-state index in [0.717, 1.165) is 24.5 Å². The van der Waals surface area contributed by atoms with Gasteiger partial charge in [0.2, 0.25) is 0 Å². The molecule has 1 aliphatic rings. The molecule has 1 amide bonds. The summed E-state index contributed by atoms with van der Waals surface area (Å²) in [4.78, 5) is 16.2. The molecule has 0 fully saturated rings. The average molecular weight is 272 g/mol. The fourth-order valence-electron chi connectivity index (χ4n) is 2.11. The monoisotopic (exact) mass is 272 g/mol. The van der Waals surface area contributed by atoms with Crippen LogP contribution >= 0.6 is 0 Å². The van der Waals surface area contributed by atoms with E-state index in [1.54, 1.807) is 24.1 Å². The summed E-state index contributed by atoms with van der Waals surface area (Å²) in [7, 11) is 1.79. The first kappa shape index (κ1) is 12.5. The second-order valence-electron chi connectivity index (χ2n) is 4.63. The third-order valence-electron chi connectivity index (χ3n) is 3.09. The number of anilines is 2. The lowest BCUT2D eigenvalue weighted by molar-refractivity contribution is 0.0950. The van der Waals surface area contributed by atoms with Gasteiger partial charge < -0.3 is 16.0 Å². The van der Waals surface area contributed by atoms with Gasteiger partial charge in [-0.25, -0.2) is 4.98 Å². The Morgan fingerprint density at radius 1 is 1.35 bits per heavy atom. The zero-order chi connectivity index (χ0) is 13.9. The first-order chi connectivity index (χ1) is 9.72. The number of rotatable bonds is 3. The molecular weight excluding hydrogens is 256 g/mol. The summed E-state index contributed by atoms with van der Waals surface area (Å²) in [6.45, 7) is 2.07. The van der Waals surface area contributed by atoms with Crippen molar-refractivity contribution in [1.82, 2.24) is 20.1 Å². The van der Waals surface area contributed by atoms with Gasteiger partial charge in [-0.1, -0.05) is 0 Å². The number of aryl methyl sites for hydroxylation is 1. The predicted molar refractivity (Wildman–Crippen MR) is 75.6 cm³/mol. The maximum atomic E-state index is 12.1. The molecule has 0 radical (unpaired) electrons. The van der Waals surface area contributed by atoms with Crippen LogP contribution in [0.15, 0.2) is 24.5 Å². The minimum Gasteiger partial charge on any atom is -0.382 e. The maximum Gasteiger partial charge on any atom is 0.251 e. The highest BCUT2D eigenvalue weighted by molar-refractivity contribution is 5.96. The van der Waals surface area contributed by atoms with E-state index < -0.39 is 0 Å². The number of nitrogens with zero attached hydrogens (tertiary/aromatic N) is 3. The Balaban J connectivity index is 1.67. The molecule has 20 heavy (non-hydrogen) atoms. The number of carbonyl (C=O) groups is 1. The highest BCUT2D eigenvalue weighted by Crippen LogP contribution is 2.25. The van der Waals surface area contributed by atoms with E-state index in [0.29, 0.717) is 17.9 Å². The molecular formula is C13H16N6O. The molecule has 2 aromatic rings. The number of carbonyl (C=O) groups excluding carboxylic acids is 1. The predicted octanol–water partition coefficient (Wildman–Crippen LogP) is 0.582. The lowest BCUT2D eigenvalue weighted by Crippen LogP contribution is -2.25. The van der Waals surface area contributed by atoms with Crippen molar-refractivity contribution in [3.05, 3.63) is 35.9 Å². The van der Waals surface area contributed by atoms with Crippen LogP contribution in [0.2, 0.25) is 0 Å². The molecule has 0 atom stereocenters. The molecule has 0 spiro atoms. The van der Waals surface area contributed by atoms with Crippen LogP contribution in [0.4, 0.5) is 11.4 Å². The fraction of sp³-hybridized carbons (Fsp3) is 0.308. The summed E-state index contributed by atoms with van der Waals surface area (Å²) < 4.78 is 1.61. The smallest absolute Gasteiger partial charge is 0.251 e. The second kappa shape index (κ2) is 5.20. The van der Waals surface area contributed by atoms with Crippen LogP contribution in [0.25, 0.3) is 0 Å². The largest absolute Gasteiger partial charge is 0.382 e. The van der Waals surface area contributed by atoms with Gasteiger partial charge in [0.25, 0.3) is 5.91 Å². The Labute approximate surface area is 116 Å². The third kappa shape index (κ3) is 2.56. The topological polar surface area (TPSA) is 83.9 Å². The highest BCUT2D eigenvalue weighted by Gasteiger charge is 2.12. The van der Waals surface area contributed by atoms with E-state index in [9.17, 15) is 4.79 Å². The van der Waals surface area contributed by atoms with Crippen molar-refractivity contribution >= 4 is 17.3 Å². The molecule has 7 nitrogen and oxygen atoms in total. The fourth-order valence-corrected chi connectivity index (χ4v) is 2.11. The number of hydrogen-bond acceptors (Lipinski definition) is 5. The highest BCUT2D eigenvalue weighted by atomic mass is 16.1. The first-order valence-corrected chi connectivity index (χ1v) is 6.47. The summed E-state index contributed by atoms with van der Waals surface area (Å²) in [5.41, 5.74) is 2.61. The van der Waals surface area contributed by atoms with Gasteiger partial charge >= 0.3 is 0 Å². The summed E-state index contributed by atoms with van der Waals surface area (Å²) in [6.07, 6.45) is 1.61.